The average molecular weight is 476 g/mol. The summed E-state index contributed by atoms with van der Waals surface area (Å²) in [6.45, 7) is 6.81. The molecule has 1 aliphatic carbocycles. The number of halogens is 2. The minimum Gasteiger partial charge on any atom is -0.490 e. The molecule has 1 N–H and O–H groups in total. The fourth-order valence-electron chi connectivity index (χ4n) is 4.53. The van der Waals surface area contributed by atoms with Crippen LogP contribution in [0.5, 0.6) is 5.75 Å². The first-order valence-electron chi connectivity index (χ1n) is 11.3. The lowest BCUT2D eigenvalue weighted by Crippen LogP contribution is -2.43. The normalized spacial score (nSPS) is 20.1. The number of anilines is 2. The van der Waals surface area contributed by atoms with Gasteiger partial charge >= 0.3 is 6.03 Å². The van der Waals surface area contributed by atoms with Crippen LogP contribution in [0.3, 0.4) is 0 Å². The third kappa shape index (κ3) is 5.10. The molecule has 2 amide bonds. The predicted molar refractivity (Wildman–Crippen MR) is 133 cm³/mol. The summed E-state index contributed by atoms with van der Waals surface area (Å²) >= 11 is 12.7. The number of nitrogens with zero attached hydrogens (tertiary/aromatic N) is 2. The van der Waals surface area contributed by atoms with E-state index in [9.17, 15) is 4.79 Å². The van der Waals surface area contributed by atoms with Crippen molar-refractivity contribution in [3.8, 4) is 5.75 Å². The topological polar surface area (TPSA) is 44.8 Å². The van der Waals surface area contributed by atoms with Crippen molar-refractivity contribution in [2.75, 3.05) is 36.9 Å². The molecule has 4 rings (SSSR count). The van der Waals surface area contributed by atoms with Gasteiger partial charge in [-0.25, -0.2) is 4.79 Å². The minimum absolute atomic E-state index is 0.111. The summed E-state index contributed by atoms with van der Waals surface area (Å²) in [4.78, 5) is 16.6. The molecule has 2 fully saturated rings. The molecule has 0 spiro atoms. The van der Waals surface area contributed by atoms with Gasteiger partial charge in [0, 0.05) is 43.0 Å². The number of hydrogen-bond donors (Lipinski definition) is 1. The fourth-order valence-corrected chi connectivity index (χ4v) is 5.03. The second kappa shape index (κ2) is 9.80. The van der Waals surface area contributed by atoms with E-state index >= 15 is 0 Å². The van der Waals surface area contributed by atoms with Crippen molar-refractivity contribution in [2.45, 2.75) is 45.6 Å². The molecule has 1 saturated carbocycles. The highest BCUT2D eigenvalue weighted by atomic mass is 35.5. The van der Waals surface area contributed by atoms with E-state index in [2.05, 4.69) is 22.3 Å². The first-order valence-corrected chi connectivity index (χ1v) is 12.1. The van der Waals surface area contributed by atoms with Crippen LogP contribution in [0, 0.1) is 19.8 Å². The van der Waals surface area contributed by atoms with Crippen LogP contribution >= 0.6 is 23.2 Å². The summed E-state index contributed by atoms with van der Waals surface area (Å²) in [5.74, 6) is 1.30. The second-order valence-electron chi connectivity index (χ2n) is 9.06. The molecule has 1 saturated heterocycles. The second-order valence-corrected chi connectivity index (χ2v) is 9.88. The number of rotatable bonds is 6. The lowest BCUT2D eigenvalue weighted by molar-refractivity contribution is 0.0527. The number of nitrogens with one attached hydrogen (secondary N) is 1. The van der Waals surface area contributed by atoms with Crippen molar-refractivity contribution < 1.29 is 9.53 Å². The Labute approximate surface area is 200 Å². The summed E-state index contributed by atoms with van der Waals surface area (Å²) in [5.41, 5.74) is 3.85. The molecular formula is C25H31Cl2N3O2. The SMILES string of the molecule is Cc1cc(Cl)ccc1NC(=O)N(C)CC1CC(Oc2ccc(N3CCCC3)c(Cl)c2C)C1. The molecule has 0 unspecified atom stereocenters. The number of urea groups is 1. The molecule has 0 aromatic heterocycles. The first-order chi connectivity index (χ1) is 15.3. The Morgan fingerprint density at radius 1 is 1.16 bits per heavy atom. The van der Waals surface area contributed by atoms with Gasteiger partial charge in [0.15, 0.2) is 0 Å². The summed E-state index contributed by atoms with van der Waals surface area (Å²) in [7, 11) is 1.83. The number of carbonyl (C=O) groups is 1. The molecule has 0 bridgehead atoms. The van der Waals surface area contributed by atoms with E-state index in [4.69, 9.17) is 27.9 Å². The lowest BCUT2D eigenvalue weighted by atomic mass is 9.82. The number of amides is 2. The monoisotopic (exact) mass is 475 g/mol. The molecule has 1 heterocycles. The van der Waals surface area contributed by atoms with Crippen LogP contribution in [0.4, 0.5) is 16.2 Å². The molecule has 0 radical (unpaired) electrons. The summed E-state index contributed by atoms with van der Waals surface area (Å²) in [6, 6.07) is 9.49. The van der Waals surface area contributed by atoms with Gasteiger partial charge in [0.2, 0.25) is 0 Å². The Kier molecular flexibility index (Phi) is 7.06. The Balaban J connectivity index is 1.26. The molecule has 2 aliphatic rings. The van der Waals surface area contributed by atoms with E-state index in [1.54, 1.807) is 11.0 Å². The number of benzene rings is 2. The standard InChI is InChI=1S/C25H31Cl2N3O2/c1-16-12-19(26)6-7-21(16)28-25(31)29(3)15-18-13-20(14-18)32-23-9-8-22(24(27)17(23)2)30-10-4-5-11-30/h6-9,12,18,20H,4-5,10-11,13-15H2,1-3H3,(H,28,31). The quantitative estimate of drug-likeness (QED) is 0.516. The van der Waals surface area contributed by atoms with Gasteiger partial charge in [-0.15, -0.1) is 0 Å². The van der Waals surface area contributed by atoms with Crippen LogP contribution in [0.1, 0.15) is 36.8 Å². The van der Waals surface area contributed by atoms with Gasteiger partial charge in [-0.3, -0.25) is 0 Å². The first kappa shape index (κ1) is 23.1. The van der Waals surface area contributed by atoms with Crippen molar-refractivity contribution in [3.05, 3.63) is 51.5 Å². The Hall–Kier alpha value is -2.11. The summed E-state index contributed by atoms with van der Waals surface area (Å²) < 4.78 is 6.24. The highest BCUT2D eigenvalue weighted by Gasteiger charge is 2.33. The van der Waals surface area contributed by atoms with E-state index in [1.807, 2.05) is 33.0 Å². The predicted octanol–water partition coefficient (Wildman–Crippen LogP) is 6.53. The molecule has 7 heteroatoms. The third-order valence-electron chi connectivity index (χ3n) is 6.56. The molecule has 1 aliphatic heterocycles. The van der Waals surface area contributed by atoms with E-state index in [0.29, 0.717) is 17.5 Å². The Morgan fingerprint density at radius 2 is 1.88 bits per heavy atom. The van der Waals surface area contributed by atoms with Crippen LogP contribution in [0.25, 0.3) is 0 Å². The van der Waals surface area contributed by atoms with Crippen LogP contribution < -0.4 is 15.0 Å². The van der Waals surface area contributed by atoms with Gasteiger partial charge in [-0.2, -0.15) is 0 Å². The highest BCUT2D eigenvalue weighted by molar-refractivity contribution is 6.34. The molecule has 172 valence electrons. The van der Waals surface area contributed by atoms with Gasteiger partial charge in [0.1, 0.15) is 5.75 Å². The number of carbonyl (C=O) groups excluding carboxylic acids is 1. The maximum absolute atomic E-state index is 12.6. The van der Waals surface area contributed by atoms with Gasteiger partial charge in [0.25, 0.3) is 0 Å². The molecule has 5 nitrogen and oxygen atoms in total. The lowest BCUT2D eigenvalue weighted by Gasteiger charge is -2.38. The summed E-state index contributed by atoms with van der Waals surface area (Å²) in [5, 5.41) is 4.43. The van der Waals surface area contributed by atoms with E-state index in [1.165, 1.54) is 12.8 Å². The average Bonchev–Trinajstić information content (AvgIpc) is 3.26. The van der Waals surface area contributed by atoms with Gasteiger partial charge in [-0.1, -0.05) is 23.2 Å². The third-order valence-corrected chi connectivity index (χ3v) is 7.27. The summed E-state index contributed by atoms with van der Waals surface area (Å²) in [6.07, 6.45) is 4.49. The van der Waals surface area contributed by atoms with Gasteiger partial charge in [0.05, 0.1) is 16.8 Å². The van der Waals surface area contributed by atoms with E-state index < -0.39 is 0 Å². The van der Waals surface area contributed by atoms with E-state index in [-0.39, 0.29) is 12.1 Å². The fraction of sp³-hybridized carbons (Fsp3) is 0.480. The van der Waals surface area contributed by atoms with Crippen LogP contribution in [0.15, 0.2) is 30.3 Å². The van der Waals surface area contributed by atoms with Crippen LogP contribution in [-0.2, 0) is 0 Å². The number of aryl methyl sites for hydroxylation is 1. The van der Waals surface area contributed by atoms with E-state index in [0.717, 1.165) is 59.2 Å². The highest BCUT2D eigenvalue weighted by Crippen LogP contribution is 2.39. The van der Waals surface area contributed by atoms with Crippen molar-refractivity contribution in [3.63, 3.8) is 0 Å². The molecule has 2 aromatic carbocycles. The van der Waals surface area contributed by atoms with Gasteiger partial charge in [-0.05, 0) is 81.3 Å². The number of ether oxygens (including phenoxy) is 1. The Morgan fingerprint density at radius 3 is 2.56 bits per heavy atom. The smallest absolute Gasteiger partial charge is 0.321 e. The van der Waals surface area contributed by atoms with Crippen molar-refractivity contribution in [1.82, 2.24) is 4.90 Å². The molecule has 32 heavy (non-hydrogen) atoms. The molecule has 2 aromatic rings. The maximum atomic E-state index is 12.6. The zero-order chi connectivity index (χ0) is 22.8. The van der Waals surface area contributed by atoms with Crippen LogP contribution in [0.2, 0.25) is 10.0 Å². The van der Waals surface area contributed by atoms with Crippen molar-refractivity contribution in [2.24, 2.45) is 5.92 Å². The molecular weight excluding hydrogens is 445 g/mol. The van der Waals surface area contributed by atoms with Crippen molar-refractivity contribution >= 4 is 40.6 Å². The van der Waals surface area contributed by atoms with Crippen molar-refractivity contribution in [1.29, 1.82) is 0 Å². The zero-order valence-corrected chi connectivity index (χ0v) is 20.5. The number of hydrogen-bond acceptors (Lipinski definition) is 3. The van der Waals surface area contributed by atoms with Crippen LogP contribution in [-0.4, -0.2) is 43.7 Å². The zero-order valence-electron chi connectivity index (χ0n) is 19.0. The Bertz CT molecular complexity index is 985. The maximum Gasteiger partial charge on any atom is 0.321 e. The minimum atomic E-state index is -0.111. The van der Waals surface area contributed by atoms with Gasteiger partial charge < -0.3 is 19.9 Å². The largest absolute Gasteiger partial charge is 0.490 e. The molecule has 0 atom stereocenters.